The predicted molar refractivity (Wildman–Crippen MR) is 98.1 cm³/mol. The summed E-state index contributed by atoms with van der Waals surface area (Å²) in [6, 6.07) is 9.00. The average molecular weight is 367 g/mol. The maximum absolute atomic E-state index is 12.6. The van der Waals surface area contributed by atoms with Crippen molar-refractivity contribution in [3.63, 3.8) is 0 Å². The molecule has 1 heterocycles. The molecule has 5 nitrogen and oxygen atoms in total. The number of amides is 1. The molecule has 24 heavy (non-hydrogen) atoms. The summed E-state index contributed by atoms with van der Waals surface area (Å²) in [4.78, 5) is 18.3. The number of carbonyl (C=O) groups is 1. The first-order chi connectivity index (χ1) is 11.2. The van der Waals surface area contributed by atoms with Gasteiger partial charge >= 0.3 is 0 Å². The molecule has 0 saturated heterocycles. The zero-order chi connectivity index (χ0) is 17.9. The predicted octanol–water partition coefficient (Wildman–Crippen LogP) is 3.23. The van der Waals surface area contributed by atoms with Gasteiger partial charge in [-0.3, -0.25) is 4.79 Å². The van der Waals surface area contributed by atoms with E-state index in [0.29, 0.717) is 11.4 Å². The highest BCUT2D eigenvalue weighted by molar-refractivity contribution is 7.92. The Morgan fingerprint density at radius 3 is 2.38 bits per heavy atom. The third-order valence-corrected chi connectivity index (χ3v) is 6.94. The van der Waals surface area contributed by atoms with Gasteiger partial charge in [-0.25, -0.2) is 13.4 Å². The van der Waals surface area contributed by atoms with Crippen LogP contribution in [0.2, 0.25) is 0 Å². The van der Waals surface area contributed by atoms with Gasteiger partial charge in [0.1, 0.15) is 5.25 Å². The number of aromatic nitrogens is 1. The topological polar surface area (TPSA) is 67.3 Å². The molecule has 130 valence electrons. The zero-order valence-electron chi connectivity index (χ0n) is 14.3. The second kappa shape index (κ2) is 7.44. The molecule has 0 unspecified atom stereocenters. The minimum Gasteiger partial charge on any atom is -0.314 e. The molecular formula is C17H22N2O3S2. The molecule has 0 N–H and O–H groups in total. The lowest BCUT2D eigenvalue weighted by molar-refractivity contribution is -0.117. The van der Waals surface area contributed by atoms with Crippen molar-refractivity contribution in [2.45, 2.75) is 37.7 Å². The molecule has 0 bridgehead atoms. The number of para-hydroxylation sites is 1. The van der Waals surface area contributed by atoms with Crippen LogP contribution in [0, 0.1) is 0 Å². The summed E-state index contributed by atoms with van der Waals surface area (Å²) in [5, 5.41) is 1.54. The zero-order valence-corrected chi connectivity index (χ0v) is 15.9. The van der Waals surface area contributed by atoms with Crippen molar-refractivity contribution in [2.75, 3.05) is 11.9 Å². The highest BCUT2D eigenvalue weighted by Crippen LogP contribution is 2.22. The van der Waals surface area contributed by atoms with E-state index in [-0.39, 0.29) is 11.7 Å². The molecule has 0 aliphatic heterocycles. The fourth-order valence-corrected chi connectivity index (χ4v) is 4.41. The van der Waals surface area contributed by atoms with Crippen molar-refractivity contribution in [1.82, 2.24) is 4.98 Å². The smallest absolute Gasteiger partial charge is 0.244 e. The Kier molecular flexibility index (Phi) is 5.77. The molecule has 0 fully saturated rings. The van der Waals surface area contributed by atoms with E-state index in [1.54, 1.807) is 36.7 Å². The van der Waals surface area contributed by atoms with Crippen LogP contribution >= 0.6 is 11.3 Å². The maximum Gasteiger partial charge on any atom is 0.244 e. The Hall–Kier alpha value is -1.73. The number of carbonyl (C=O) groups excluding carboxylic acids is 1. The molecule has 1 atom stereocenters. The minimum atomic E-state index is -3.62. The number of hydrogen-bond donors (Lipinski definition) is 0. The first-order valence-electron chi connectivity index (χ1n) is 7.71. The Morgan fingerprint density at radius 1 is 1.21 bits per heavy atom. The fourth-order valence-electron chi connectivity index (χ4n) is 2.19. The molecule has 1 amide bonds. The van der Waals surface area contributed by atoms with E-state index in [2.05, 4.69) is 4.98 Å². The summed E-state index contributed by atoms with van der Waals surface area (Å²) < 4.78 is 25.1. The summed E-state index contributed by atoms with van der Waals surface area (Å²) >= 11 is 1.45. The molecule has 0 aliphatic rings. The van der Waals surface area contributed by atoms with Gasteiger partial charge in [0.15, 0.2) is 9.84 Å². The molecule has 7 heteroatoms. The van der Waals surface area contributed by atoms with Crippen molar-refractivity contribution in [3.8, 4) is 0 Å². The lowest BCUT2D eigenvalue weighted by Crippen LogP contribution is -2.39. The number of hydrogen-bond acceptors (Lipinski definition) is 5. The van der Waals surface area contributed by atoms with Gasteiger partial charge in [-0.15, -0.1) is 11.3 Å². The van der Waals surface area contributed by atoms with Crippen molar-refractivity contribution < 1.29 is 13.2 Å². The van der Waals surface area contributed by atoms with Crippen LogP contribution in [0.4, 0.5) is 5.69 Å². The molecule has 0 radical (unpaired) electrons. The van der Waals surface area contributed by atoms with Crippen LogP contribution in [0.25, 0.3) is 0 Å². The molecule has 0 saturated carbocycles. The van der Waals surface area contributed by atoms with Crippen molar-refractivity contribution in [3.05, 3.63) is 46.4 Å². The highest BCUT2D eigenvalue weighted by Gasteiger charge is 2.31. The lowest BCUT2D eigenvalue weighted by atomic mass is 10.2. The van der Waals surface area contributed by atoms with E-state index in [1.807, 2.05) is 19.9 Å². The third-order valence-electron chi connectivity index (χ3n) is 3.77. The summed E-state index contributed by atoms with van der Waals surface area (Å²) in [5.74, 6) is -0.401. The Labute approximate surface area is 147 Å². The lowest BCUT2D eigenvalue weighted by Gasteiger charge is -2.21. The molecule has 0 aliphatic carbocycles. The van der Waals surface area contributed by atoms with Crippen LogP contribution in [0.5, 0.6) is 0 Å². The van der Waals surface area contributed by atoms with Gasteiger partial charge in [-0.1, -0.05) is 32.0 Å². The summed E-state index contributed by atoms with van der Waals surface area (Å²) in [6.07, 6.45) is 0. The highest BCUT2D eigenvalue weighted by atomic mass is 32.2. The van der Waals surface area contributed by atoms with E-state index >= 15 is 0 Å². The molecule has 2 aromatic rings. The first-order valence-corrected chi connectivity index (χ1v) is 10.3. The fraction of sp³-hybridized carbons (Fsp3) is 0.412. The number of anilines is 1. The maximum atomic E-state index is 12.6. The summed E-state index contributed by atoms with van der Waals surface area (Å²) in [5.41, 5.74) is 1.17. The number of benzene rings is 1. The van der Waals surface area contributed by atoms with Gasteiger partial charge in [-0.2, -0.15) is 0 Å². The molecule has 2 rings (SSSR count). The monoisotopic (exact) mass is 366 g/mol. The van der Waals surface area contributed by atoms with Crippen LogP contribution < -0.4 is 4.90 Å². The van der Waals surface area contributed by atoms with Crippen LogP contribution in [-0.4, -0.2) is 31.6 Å². The van der Waals surface area contributed by atoms with Gasteiger partial charge in [0, 0.05) is 24.0 Å². The van der Waals surface area contributed by atoms with Gasteiger partial charge in [-0.05, 0) is 19.1 Å². The van der Waals surface area contributed by atoms with E-state index < -0.39 is 21.0 Å². The molecule has 1 aromatic carbocycles. The van der Waals surface area contributed by atoms with Gasteiger partial charge in [0.25, 0.3) is 0 Å². The Morgan fingerprint density at radius 2 is 1.83 bits per heavy atom. The van der Waals surface area contributed by atoms with E-state index in [4.69, 9.17) is 0 Å². The van der Waals surface area contributed by atoms with Crippen LogP contribution in [-0.2, 0) is 20.4 Å². The first kappa shape index (κ1) is 18.6. The number of rotatable bonds is 6. The van der Waals surface area contributed by atoms with Crippen molar-refractivity contribution in [1.29, 1.82) is 0 Å². The Bertz CT molecular complexity index is 798. The number of nitrogens with zero attached hydrogens (tertiary/aromatic N) is 2. The average Bonchev–Trinajstić information content (AvgIpc) is 3.01. The van der Waals surface area contributed by atoms with Gasteiger partial charge < -0.3 is 4.90 Å². The van der Waals surface area contributed by atoms with E-state index in [9.17, 15) is 13.2 Å². The second-order valence-corrected chi connectivity index (χ2v) is 9.23. The molecular weight excluding hydrogens is 344 g/mol. The number of sulfone groups is 1. The van der Waals surface area contributed by atoms with E-state index in [1.165, 1.54) is 23.2 Å². The minimum absolute atomic E-state index is 0.217. The largest absolute Gasteiger partial charge is 0.314 e. The van der Waals surface area contributed by atoms with Crippen LogP contribution in [0.3, 0.4) is 0 Å². The SMILES string of the molecule is CC(C)c1nc(CS(=O)(=O)[C@@H](C)C(=O)N(C)c2ccccc2)cs1. The third kappa shape index (κ3) is 4.21. The molecule has 0 spiro atoms. The second-order valence-electron chi connectivity index (χ2n) is 6.01. The van der Waals surface area contributed by atoms with Crippen LogP contribution in [0.1, 0.15) is 37.4 Å². The van der Waals surface area contributed by atoms with Crippen molar-refractivity contribution in [2.24, 2.45) is 0 Å². The van der Waals surface area contributed by atoms with Crippen LogP contribution in [0.15, 0.2) is 35.7 Å². The van der Waals surface area contributed by atoms with Gasteiger partial charge in [0.2, 0.25) is 5.91 Å². The number of thiazole rings is 1. The van der Waals surface area contributed by atoms with E-state index in [0.717, 1.165) is 5.01 Å². The van der Waals surface area contributed by atoms with Crippen molar-refractivity contribution >= 4 is 32.8 Å². The summed E-state index contributed by atoms with van der Waals surface area (Å²) in [6.45, 7) is 5.46. The Balaban J connectivity index is 2.14. The summed E-state index contributed by atoms with van der Waals surface area (Å²) in [7, 11) is -2.04. The molecule has 1 aromatic heterocycles. The standard InChI is InChI=1S/C17H22N2O3S2/c1-12(2)16-18-14(10-23-16)11-24(21,22)13(3)17(20)19(4)15-8-6-5-7-9-15/h5-10,12-13H,11H2,1-4H3/t13-/m0/s1. The van der Waals surface area contributed by atoms with Gasteiger partial charge in [0.05, 0.1) is 16.5 Å². The quantitative estimate of drug-likeness (QED) is 0.787. The normalized spacial score (nSPS) is 13.0.